The number of hydrogen-bond acceptors (Lipinski definition) is 3. The summed E-state index contributed by atoms with van der Waals surface area (Å²) in [5.41, 5.74) is 2.96. The van der Waals surface area contributed by atoms with Crippen LogP contribution in [0, 0.1) is 0 Å². The summed E-state index contributed by atoms with van der Waals surface area (Å²) < 4.78 is 14.7. The Morgan fingerprint density at radius 1 is 1.35 bits per heavy atom. The average Bonchev–Trinajstić information content (AvgIpc) is 3.25. The molecule has 7 heteroatoms. The van der Waals surface area contributed by atoms with Gasteiger partial charge in [0.1, 0.15) is 11.3 Å². The van der Waals surface area contributed by atoms with Crippen LogP contribution in [0.25, 0.3) is 11.3 Å². The quantitative estimate of drug-likeness (QED) is 0.811. The van der Waals surface area contributed by atoms with Crippen LogP contribution in [-0.2, 0) is 7.05 Å². The van der Waals surface area contributed by atoms with Crippen LogP contribution in [0.1, 0.15) is 34.8 Å². The molecule has 23 heavy (non-hydrogen) atoms. The number of alkyl halides is 1. The molecule has 5 nitrogen and oxygen atoms in total. The third kappa shape index (κ3) is 2.61. The number of carbonyl (C=O) groups excluding carboxylic acids is 1. The minimum atomic E-state index is -0.920. The number of pyridine rings is 1. The third-order valence-electron chi connectivity index (χ3n) is 4.38. The number of hydrogen-bond donors (Lipinski definition) is 0. The van der Waals surface area contributed by atoms with Gasteiger partial charge in [0.05, 0.1) is 30.5 Å². The number of aryl methyl sites for hydroxylation is 1. The maximum atomic E-state index is 13.0. The molecule has 4 rings (SSSR count). The number of nitrogens with zero attached hydrogens (tertiary/aromatic N) is 4. The molecular formula is C16H16ClFN4O. The van der Waals surface area contributed by atoms with Gasteiger partial charge in [-0.05, 0) is 25.0 Å². The van der Waals surface area contributed by atoms with Crippen molar-refractivity contribution in [3.05, 3.63) is 34.7 Å². The van der Waals surface area contributed by atoms with E-state index in [0.717, 1.165) is 24.1 Å². The molecule has 0 spiro atoms. The Morgan fingerprint density at radius 2 is 2.09 bits per heavy atom. The predicted molar refractivity (Wildman–Crippen MR) is 84.2 cm³/mol. The smallest absolute Gasteiger partial charge is 0.257 e. The molecule has 2 aromatic rings. The Balaban J connectivity index is 1.74. The van der Waals surface area contributed by atoms with Crippen LogP contribution in [0.4, 0.5) is 4.39 Å². The van der Waals surface area contributed by atoms with Gasteiger partial charge < -0.3 is 4.90 Å². The molecule has 120 valence electrons. The molecule has 1 aliphatic heterocycles. The second-order valence-electron chi connectivity index (χ2n) is 6.22. The number of likely N-dealkylation sites (tertiary alicyclic amines) is 1. The van der Waals surface area contributed by atoms with Gasteiger partial charge in [0.25, 0.3) is 5.91 Å². The van der Waals surface area contributed by atoms with E-state index in [9.17, 15) is 9.18 Å². The lowest BCUT2D eigenvalue weighted by Crippen LogP contribution is -2.51. The Morgan fingerprint density at radius 3 is 2.74 bits per heavy atom. The first-order valence-corrected chi connectivity index (χ1v) is 8.04. The number of amides is 1. The zero-order valence-corrected chi connectivity index (χ0v) is 13.4. The highest BCUT2D eigenvalue weighted by Gasteiger charge is 2.33. The SMILES string of the molecule is Cn1ncc(C(=O)N2CC(F)C2)c1-c1cc(Cl)nc(C2CC2)c1. The summed E-state index contributed by atoms with van der Waals surface area (Å²) >= 11 is 6.16. The molecule has 2 fully saturated rings. The van der Waals surface area contributed by atoms with Gasteiger partial charge in [0, 0.05) is 24.2 Å². The molecule has 0 unspecified atom stereocenters. The van der Waals surface area contributed by atoms with Gasteiger partial charge in [-0.3, -0.25) is 9.48 Å². The molecule has 3 heterocycles. The summed E-state index contributed by atoms with van der Waals surface area (Å²) in [6.45, 7) is 0.301. The second-order valence-corrected chi connectivity index (χ2v) is 6.60. The highest BCUT2D eigenvalue weighted by Crippen LogP contribution is 2.41. The largest absolute Gasteiger partial charge is 0.333 e. The molecule has 1 aliphatic carbocycles. The average molecular weight is 335 g/mol. The summed E-state index contributed by atoms with van der Waals surface area (Å²) in [5, 5.41) is 4.62. The van der Waals surface area contributed by atoms with E-state index in [2.05, 4.69) is 10.1 Å². The summed E-state index contributed by atoms with van der Waals surface area (Å²) in [5.74, 6) is 0.269. The van der Waals surface area contributed by atoms with Crippen LogP contribution in [0.2, 0.25) is 5.15 Å². The van der Waals surface area contributed by atoms with E-state index < -0.39 is 6.17 Å². The lowest BCUT2D eigenvalue weighted by Gasteiger charge is -2.34. The standard InChI is InChI=1S/C16H16ClFN4O/c1-21-15(10-4-13(9-2-3-9)20-14(17)5-10)12(6-19-21)16(23)22-7-11(18)8-22/h4-6,9,11H,2-3,7-8H2,1H3. The van der Waals surface area contributed by atoms with Crippen molar-refractivity contribution in [2.75, 3.05) is 13.1 Å². The Bertz CT molecular complexity index is 780. The molecule has 0 aromatic carbocycles. The van der Waals surface area contributed by atoms with E-state index in [-0.39, 0.29) is 19.0 Å². The van der Waals surface area contributed by atoms with E-state index in [1.807, 2.05) is 6.07 Å². The van der Waals surface area contributed by atoms with Crippen molar-refractivity contribution in [2.24, 2.45) is 7.05 Å². The van der Waals surface area contributed by atoms with Gasteiger partial charge >= 0.3 is 0 Å². The van der Waals surface area contributed by atoms with Gasteiger partial charge in [-0.15, -0.1) is 0 Å². The highest BCUT2D eigenvalue weighted by atomic mass is 35.5. The van der Waals surface area contributed by atoms with Crippen LogP contribution < -0.4 is 0 Å². The minimum absolute atomic E-state index is 0.150. The molecule has 0 bridgehead atoms. The van der Waals surface area contributed by atoms with Crippen molar-refractivity contribution >= 4 is 17.5 Å². The zero-order valence-electron chi connectivity index (χ0n) is 12.7. The molecule has 2 aliphatic rings. The first-order valence-electron chi connectivity index (χ1n) is 7.66. The first-order chi connectivity index (χ1) is 11.0. The molecule has 0 radical (unpaired) electrons. The van der Waals surface area contributed by atoms with Gasteiger partial charge in [-0.25, -0.2) is 9.37 Å². The summed E-state index contributed by atoms with van der Waals surface area (Å²) in [6, 6.07) is 3.72. The third-order valence-corrected chi connectivity index (χ3v) is 4.57. The van der Waals surface area contributed by atoms with Crippen molar-refractivity contribution in [2.45, 2.75) is 24.9 Å². The maximum absolute atomic E-state index is 13.0. The van der Waals surface area contributed by atoms with E-state index >= 15 is 0 Å². The van der Waals surface area contributed by atoms with E-state index in [0.29, 0.717) is 22.3 Å². The lowest BCUT2D eigenvalue weighted by atomic mass is 10.0. The van der Waals surface area contributed by atoms with Crippen molar-refractivity contribution in [1.29, 1.82) is 0 Å². The second kappa shape index (κ2) is 5.30. The van der Waals surface area contributed by atoms with Crippen LogP contribution in [0.15, 0.2) is 18.3 Å². The lowest BCUT2D eigenvalue weighted by molar-refractivity contribution is 0.0401. The minimum Gasteiger partial charge on any atom is -0.333 e. The van der Waals surface area contributed by atoms with E-state index in [4.69, 9.17) is 11.6 Å². The number of rotatable bonds is 3. The van der Waals surface area contributed by atoms with Crippen LogP contribution in [-0.4, -0.2) is 44.8 Å². The monoisotopic (exact) mass is 334 g/mol. The van der Waals surface area contributed by atoms with Gasteiger partial charge in [0.2, 0.25) is 0 Å². The van der Waals surface area contributed by atoms with Crippen molar-refractivity contribution in [3.8, 4) is 11.3 Å². The number of carbonyl (C=O) groups is 1. The van der Waals surface area contributed by atoms with Crippen molar-refractivity contribution < 1.29 is 9.18 Å². The van der Waals surface area contributed by atoms with Crippen LogP contribution in [0.3, 0.4) is 0 Å². The van der Waals surface area contributed by atoms with Crippen LogP contribution >= 0.6 is 11.6 Å². The molecule has 2 aromatic heterocycles. The predicted octanol–water partition coefficient (Wildman–Crippen LogP) is 2.81. The van der Waals surface area contributed by atoms with Crippen LogP contribution in [0.5, 0.6) is 0 Å². The van der Waals surface area contributed by atoms with Gasteiger partial charge in [-0.2, -0.15) is 5.10 Å². The molecule has 1 amide bonds. The Kier molecular flexibility index (Phi) is 3.37. The maximum Gasteiger partial charge on any atom is 0.257 e. The zero-order chi connectivity index (χ0) is 16.1. The first kappa shape index (κ1) is 14.6. The van der Waals surface area contributed by atoms with Crippen molar-refractivity contribution in [3.63, 3.8) is 0 Å². The molecule has 1 saturated heterocycles. The molecule has 1 saturated carbocycles. The Labute approximate surface area is 138 Å². The van der Waals surface area contributed by atoms with E-state index in [1.54, 1.807) is 17.8 Å². The van der Waals surface area contributed by atoms with Crippen molar-refractivity contribution in [1.82, 2.24) is 19.7 Å². The Hall–Kier alpha value is -1.95. The van der Waals surface area contributed by atoms with E-state index in [1.165, 1.54) is 11.1 Å². The molecule has 0 N–H and O–H groups in total. The fourth-order valence-corrected chi connectivity index (χ4v) is 3.15. The number of halogens is 2. The number of aromatic nitrogens is 3. The summed E-state index contributed by atoms with van der Waals surface area (Å²) in [4.78, 5) is 18.4. The summed E-state index contributed by atoms with van der Waals surface area (Å²) in [6.07, 6.45) is 2.86. The normalized spacial score (nSPS) is 18.1. The fourth-order valence-electron chi connectivity index (χ4n) is 2.94. The molecular weight excluding hydrogens is 319 g/mol. The fraction of sp³-hybridized carbons (Fsp3) is 0.438. The van der Waals surface area contributed by atoms with Gasteiger partial charge in [-0.1, -0.05) is 11.6 Å². The van der Waals surface area contributed by atoms with Gasteiger partial charge in [0.15, 0.2) is 0 Å². The summed E-state index contributed by atoms with van der Waals surface area (Å²) in [7, 11) is 1.78. The topological polar surface area (TPSA) is 51.0 Å². The molecule has 0 atom stereocenters. The highest BCUT2D eigenvalue weighted by molar-refractivity contribution is 6.29.